The molecule has 2 rings (SSSR count). The molecule has 1 aromatic rings. The lowest BCUT2D eigenvalue weighted by atomic mass is 10.1. The second-order valence-electron chi connectivity index (χ2n) is 4.34. The van der Waals surface area contributed by atoms with Crippen molar-refractivity contribution in [1.82, 2.24) is 4.90 Å². The van der Waals surface area contributed by atoms with Gasteiger partial charge in [-0.25, -0.2) is 0 Å². The molecular formula is C12H17Cl3N2. The van der Waals surface area contributed by atoms with Gasteiger partial charge in [0.2, 0.25) is 0 Å². The van der Waals surface area contributed by atoms with E-state index in [9.17, 15) is 0 Å². The van der Waals surface area contributed by atoms with Crippen LogP contribution in [0.1, 0.15) is 18.4 Å². The molecule has 0 saturated carbocycles. The van der Waals surface area contributed by atoms with E-state index in [1.54, 1.807) is 0 Å². The van der Waals surface area contributed by atoms with Gasteiger partial charge in [-0.15, -0.1) is 12.4 Å². The molecule has 5 heteroatoms. The molecule has 1 aliphatic rings. The fraction of sp³-hybridized carbons (Fsp3) is 0.500. The van der Waals surface area contributed by atoms with Crippen LogP contribution < -0.4 is 5.73 Å². The Morgan fingerprint density at radius 1 is 1.29 bits per heavy atom. The predicted molar refractivity (Wildman–Crippen MR) is 76.2 cm³/mol. The van der Waals surface area contributed by atoms with Gasteiger partial charge in [0.15, 0.2) is 0 Å². The largest absolute Gasteiger partial charge is 0.327 e. The highest BCUT2D eigenvalue weighted by Crippen LogP contribution is 2.26. The van der Waals surface area contributed by atoms with E-state index in [4.69, 9.17) is 28.9 Å². The van der Waals surface area contributed by atoms with Gasteiger partial charge in [0.25, 0.3) is 0 Å². The molecule has 96 valence electrons. The van der Waals surface area contributed by atoms with Gasteiger partial charge in [-0.1, -0.05) is 29.3 Å². The van der Waals surface area contributed by atoms with Gasteiger partial charge >= 0.3 is 0 Å². The molecule has 2 N–H and O–H groups in total. The molecule has 1 saturated heterocycles. The Morgan fingerprint density at radius 2 is 1.94 bits per heavy atom. The Labute approximate surface area is 118 Å². The van der Waals surface area contributed by atoms with Crippen molar-refractivity contribution in [2.24, 2.45) is 5.73 Å². The first-order valence-corrected chi connectivity index (χ1v) is 6.33. The highest BCUT2D eigenvalue weighted by molar-refractivity contribution is 6.35. The Kier molecular flexibility index (Phi) is 6.04. The van der Waals surface area contributed by atoms with Crippen LogP contribution in [0.25, 0.3) is 0 Å². The van der Waals surface area contributed by atoms with Crippen molar-refractivity contribution in [3.63, 3.8) is 0 Å². The topological polar surface area (TPSA) is 29.3 Å². The number of nitrogens with zero attached hydrogens (tertiary/aromatic N) is 1. The van der Waals surface area contributed by atoms with Crippen LogP contribution in [0, 0.1) is 0 Å². The molecule has 0 amide bonds. The number of likely N-dealkylation sites (tertiary alicyclic amines) is 1. The van der Waals surface area contributed by atoms with Gasteiger partial charge in [0, 0.05) is 34.7 Å². The van der Waals surface area contributed by atoms with Crippen LogP contribution in [0.15, 0.2) is 18.2 Å². The minimum atomic E-state index is 0. The molecule has 1 atom stereocenters. The van der Waals surface area contributed by atoms with E-state index >= 15 is 0 Å². The van der Waals surface area contributed by atoms with E-state index in [2.05, 4.69) is 4.90 Å². The van der Waals surface area contributed by atoms with Gasteiger partial charge in [0.05, 0.1) is 0 Å². The predicted octanol–water partition coefficient (Wildman–Crippen LogP) is 3.34. The molecule has 0 aromatic heterocycles. The summed E-state index contributed by atoms with van der Waals surface area (Å²) < 4.78 is 0. The maximum atomic E-state index is 6.14. The van der Waals surface area contributed by atoms with Crippen LogP contribution in [-0.4, -0.2) is 24.0 Å². The fourth-order valence-electron chi connectivity index (χ4n) is 2.14. The molecule has 1 aliphatic heterocycles. The molecule has 1 aromatic carbocycles. The van der Waals surface area contributed by atoms with Gasteiger partial charge in [0.1, 0.15) is 0 Å². The summed E-state index contributed by atoms with van der Waals surface area (Å²) in [6.45, 7) is 2.81. The molecule has 1 heterocycles. The zero-order valence-corrected chi connectivity index (χ0v) is 11.9. The van der Waals surface area contributed by atoms with Crippen molar-refractivity contribution in [1.29, 1.82) is 0 Å². The number of nitrogens with two attached hydrogens (primary N) is 1. The standard InChI is InChI=1S/C12H16Cl2N2.ClH/c13-11-4-1-5-12(14)10(11)8-16-6-2-3-9(15)7-16;/h1,4-5,9H,2-3,6-8,15H2;1H. The lowest BCUT2D eigenvalue weighted by molar-refractivity contribution is 0.201. The lowest BCUT2D eigenvalue weighted by Gasteiger charge is -2.31. The summed E-state index contributed by atoms with van der Waals surface area (Å²) in [5.74, 6) is 0. The van der Waals surface area contributed by atoms with Crippen molar-refractivity contribution in [2.45, 2.75) is 25.4 Å². The molecule has 1 unspecified atom stereocenters. The average Bonchev–Trinajstić information content (AvgIpc) is 2.24. The van der Waals surface area contributed by atoms with Gasteiger partial charge in [-0.3, -0.25) is 4.90 Å². The second kappa shape index (κ2) is 6.81. The Morgan fingerprint density at radius 3 is 2.53 bits per heavy atom. The molecule has 1 fully saturated rings. The number of halogens is 3. The SMILES string of the molecule is Cl.NC1CCCN(Cc2c(Cl)cccc2Cl)C1. The van der Waals surface area contributed by atoms with Gasteiger partial charge in [-0.05, 0) is 31.5 Å². The number of benzene rings is 1. The Hall–Kier alpha value is 0.01000. The third kappa shape index (κ3) is 4.01. The summed E-state index contributed by atoms with van der Waals surface area (Å²) in [5, 5.41) is 1.48. The number of rotatable bonds is 2. The summed E-state index contributed by atoms with van der Waals surface area (Å²) in [6, 6.07) is 5.92. The van der Waals surface area contributed by atoms with Crippen molar-refractivity contribution >= 4 is 35.6 Å². The number of hydrogen-bond acceptors (Lipinski definition) is 2. The van der Waals surface area contributed by atoms with Crippen LogP contribution in [0.3, 0.4) is 0 Å². The van der Waals surface area contributed by atoms with Crippen LogP contribution in [-0.2, 0) is 6.54 Å². The molecule has 0 aliphatic carbocycles. The minimum absolute atomic E-state index is 0. The summed E-state index contributed by atoms with van der Waals surface area (Å²) in [5.41, 5.74) is 6.96. The smallest absolute Gasteiger partial charge is 0.0465 e. The second-order valence-corrected chi connectivity index (χ2v) is 5.15. The van der Waals surface area contributed by atoms with Crippen molar-refractivity contribution < 1.29 is 0 Å². The Bertz CT molecular complexity index is 351. The quantitative estimate of drug-likeness (QED) is 0.907. The van der Waals surface area contributed by atoms with Crippen LogP contribution in [0.5, 0.6) is 0 Å². The highest BCUT2D eigenvalue weighted by Gasteiger charge is 2.18. The number of piperidine rings is 1. The van der Waals surface area contributed by atoms with E-state index in [1.807, 2.05) is 18.2 Å². The molecule has 17 heavy (non-hydrogen) atoms. The van der Waals surface area contributed by atoms with Gasteiger partial charge < -0.3 is 5.73 Å². The van der Waals surface area contributed by atoms with Crippen LogP contribution >= 0.6 is 35.6 Å². The van der Waals surface area contributed by atoms with E-state index < -0.39 is 0 Å². The first kappa shape index (κ1) is 15.1. The normalized spacial score (nSPS) is 21.0. The lowest BCUT2D eigenvalue weighted by Crippen LogP contribution is -2.42. The maximum absolute atomic E-state index is 6.14. The van der Waals surface area contributed by atoms with E-state index in [-0.39, 0.29) is 18.4 Å². The van der Waals surface area contributed by atoms with Crippen molar-refractivity contribution in [2.75, 3.05) is 13.1 Å². The third-order valence-corrected chi connectivity index (χ3v) is 3.69. The van der Waals surface area contributed by atoms with E-state index in [0.29, 0.717) is 0 Å². The first-order chi connectivity index (χ1) is 7.66. The molecular weight excluding hydrogens is 279 g/mol. The molecule has 0 spiro atoms. The first-order valence-electron chi connectivity index (χ1n) is 5.57. The van der Waals surface area contributed by atoms with Gasteiger partial charge in [-0.2, -0.15) is 0 Å². The molecule has 0 bridgehead atoms. The third-order valence-electron chi connectivity index (χ3n) is 2.99. The zero-order valence-electron chi connectivity index (χ0n) is 9.53. The van der Waals surface area contributed by atoms with E-state index in [0.717, 1.165) is 48.1 Å². The van der Waals surface area contributed by atoms with Crippen LogP contribution in [0.2, 0.25) is 10.0 Å². The van der Waals surface area contributed by atoms with Crippen molar-refractivity contribution in [3.8, 4) is 0 Å². The summed E-state index contributed by atoms with van der Waals surface area (Å²) in [6.07, 6.45) is 2.27. The van der Waals surface area contributed by atoms with Crippen molar-refractivity contribution in [3.05, 3.63) is 33.8 Å². The maximum Gasteiger partial charge on any atom is 0.0465 e. The monoisotopic (exact) mass is 294 g/mol. The average molecular weight is 296 g/mol. The molecule has 2 nitrogen and oxygen atoms in total. The van der Waals surface area contributed by atoms with E-state index in [1.165, 1.54) is 0 Å². The minimum Gasteiger partial charge on any atom is -0.327 e. The van der Waals surface area contributed by atoms with Crippen LogP contribution in [0.4, 0.5) is 0 Å². The zero-order chi connectivity index (χ0) is 11.5. The Balaban J connectivity index is 0.00000144. The molecule has 0 radical (unpaired) electrons. The number of hydrogen-bond donors (Lipinski definition) is 1. The summed E-state index contributed by atoms with van der Waals surface area (Å²) in [7, 11) is 0. The fourth-order valence-corrected chi connectivity index (χ4v) is 2.66. The summed E-state index contributed by atoms with van der Waals surface area (Å²) in [4.78, 5) is 2.32. The highest BCUT2D eigenvalue weighted by atomic mass is 35.5. The summed E-state index contributed by atoms with van der Waals surface area (Å²) >= 11 is 12.3.